The molecule has 6 nitrogen and oxygen atoms in total. The first-order chi connectivity index (χ1) is 16.3. The molecule has 2 heterocycles. The van der Waals surface area contributed by atoms with E-state index in [0.717, 1.165) is 40.6 Å². The van der Waals surface area contributed by atoms with Crippen LogP contribution in [0.15, 0.2) is 42.6 Å². The summed E-state index contributed by atoms with van der Waals surface area (Å²) in [4.78, 5) is 20.7. The van der Waals surface area contributed by atoms with E-state index >= 15 is 0 Å². The van der Waals surface area contributed by atoms with Gasteiger partial charge in [-0.15, -0.1) is 0 Å². The normalized spacial score (nSPS) is 19.7. The second kappa shape index (κ2) is 10.6. The number of fused-ring (bicyclic) bond motifs is 1. The molecular formula is C26H31Cl2N3O3. The average Bonchev–Trinajstić information content (AvgIpc) is 3.19. The fourth-order valence-corrected chi connectivity index (χ4v) is 5.62. The largest absolute Gasteiger partial charge is 0.497 e. The first kappa shape index (κ1) is 24.9. The highest BCUT2D eigenvalue weighted by Crippen LogP contribution is 2.29. The van der Waals surface area contributed by atoms with E-state index in [2.05, 4.69) is 9.88 Å². The van der Waals surface area contributed by atoms with Crippen LogP contribution < -0.4 is 4.74 Å². The number of H-pyrrole nitrogens is 1. The number of nitrogens with one attached hydrogen (secondary N) is 1. The molecule has 34 heavy (non-hydrogen) atoms. The molecule has 0 radical (unpaired) electrons. The predicted octanol–water partition coefficient (Wildman–Crippen LogP) is 4.76. The number of ether oxygens (including phenoxy) is 1. The van der Waals surface area contributed by atoms with E-state index in [1.165, 1.54) is 0 Å². The molecule has 1 amide bonds. The van der Waals surface area contributed by atoms with Gasteiger partial charge < -0.3 is 19.7 Å². The third-order valence-corrected chi connectivity index (χ3v) is 7.21. The standard InChI is InChI=1S/C26H31Cl2N3O3/c1-16(32)25-24(30(2)15-17-10-19(27)12-20(28)11-17)7-9-31(26(25)33)8-6-18-14-29-23-5-4-21(34-3)13-22(18)23/h4-5,10-14,16,24-25,29,32H,6-9,15H2,1-3H3/t16?,24-,25-/m0/s1. The fourth-order valence-electron chi connectivity index (χ4n) is 5.05. The smallest absolute Gasteiger partial charge is 0.229 e. The second-order valence-corrected chi connectivity index (χ2v) is 9.99. The van der Waals surface area contributed by atoms with Crippen LogP contribution in [0, 0.1) is 5.92 Å². The Bertz CT molecular complexity index is 1140. The molecule has 0 saturated carbocycles. The van der Waals surface area contributed by atoms with Gasteiger partial charge in [0.05, 0.1) is 19.1 Å². The Balaban J connectivity index is 1.45. The molecule has 0 spiro atoms. The van der Waals surface area contributed by atoms with Crippen LogP contribution in [0.3, 0.4) is 0 Å². The lowest BCUT2D eigenvalue weighted by Crippen LogP contribution is -2.56. The number of amides is 1. The van der Waals surface area contributed by atoms with E-state index < -0.39 is 12.0 Å². The van der Waals surface area contributed by atoms with Crippen molar-refractivity contribution in [3.8, 4) is 5.75 Å². The lowest BCUT2D eigenvalue weighted by atomic mass is 9.85. The molecule has 3 aromatic rings. The third kappa shape index (κ3) is 5.36. The van der Waals surface area contributed by atoms with Crippen molar-refractivity contribution in [2.24, 2.45) is 5.92 Å². The first-order valence-electron chi connectivity index (χ1n) is 11.5. The van der Waals surface area contributed by atoms with Crippen molar-refractivity contribution in [2.75, 3.05) is 27.2 Å². The minimum absolute atomic E-state index is 0.000326. The summed E-state index contributed by atoms with van der Waals surface area (Å²) in [5, 5.41) is 12.8. The highest BCUT2D eigenvalue weighted by Gasteiger charge is 2.41. The van der Waals surface area contributed by atoms with Crippen molar-refractivity contribution < 1.29 is 14.6 Å². The summed E-state index contributed by atoms with van der Waals surface area (Å²) in [7, 11) is 3.64. The number of halogens is 2. The van der Waals surface area contributed by atoms with Crippen molar-refractivity contribution in [1.29, 1.82) is 0 Å². The minimum atomic E-state index is -0.747. The summed E-state index contributed by atoms with van der Waals surface area (Å²) < 4.78 is 5.36. The van der Waals surface area contributed by atoms with Crippen LogP contribution in [0.1, 0.15) is 24.5 Å². The van der Waals surface area contributed by atoms with E-state index in [1.54, 1.807) is 20.1 Å². The minimum Gasteiger partial charge on any atom is -0.497 e. The second-order valence-electron chi connectivity index (χ2n) is 9.12. The van der Waals surface area contributed by atoms with Gasteiger partial charge in [0.1, 0.15) is 5.75 Å². The van der Waals surface area contributed by atoms with Crippen LogP contribution in [0.2, 0.25) is 10.0 Å². The summed E-state index contributed by atoms with van der Waals surface area (Å²) in [6.45, 7) is 3.55. The molecule has 2 aromatic carbocycles. The van der Waals surface area contributed by atoms with Crippen molar-refractivity contribution in [3.63, 3.8) is 0 Å². The maximum absolute atomic E-state index is 13.4. The SMILES string of the molecule is COc1ccc2[nH]cc(CCN3CC[C@H](N(C)Cc4cc(Cl)cc(Cl)c4)[C@H](C(C)O)C3=O)c2c1. The Morgan fingerprint density at radius 2 is 1.97 bits per heavy atom. The average molecular weight is 504 g/mol. The Labute approximate surface area is 210 Å². The monoisotopic (exact) mass is 503 g/mol. The molecule has 0 bridgehead atoms. The summed E-state index contributed by atoms with van der Waals surface area (Å²) in [6, 6.07) is 11.3. The summed E-state index contributed by atoms with van der Waals surface area (Å²) in [6.07, 6.45) is 2.76. The van der Waals surface area contributed by atoms with Crippen molar-refractivity contribution in [2.45, 2.75) is 38.5 Å². The number of carbonyl (C=O) groups is 1. The molecule has 1 aliphatic heterocycles. The van der Waals surface area contributed by atoms with E-state index in [4.69, 9.17) is 27.9 Å². The van der Waals surface area contributed by atoms with E-state index in [-0.39, 0.29) is 11.9 Å². The molecule has 2 N–H and O–H groups in total. The number of piperidine rings is 1. The van der Waals surface area contributed by atoms with Crippen LogP contribution in [0.4, 0.5) is 0 Å². The van der Waals surface area contributed by atoms with Crippen LogP contribution in [-0.2, 0) is 17.8 Å². The molecule has 0 aliphatic carbocycles. The number of nitrogens with zero attached hydrogens (tertiary/aromatic N) is 2. The van der Waals surface area contributed by atoms with Crippen LogP contribution in [0.5, 0.6) is 5.75 Å². The lowest BCUT2D eigenvalue weighted by molar-refractivity contribution is -0.147. The topological polar surface area (TPSA) is 68.8 Å². The molecule has 1 saturated heterocycles. The quantitative estimate of drug-likeness (QED) is 0.465. The Kier molecular flexibility index (Phi) is 7.73. The number of aliphatic hydroxyl groups is 1. The number of aromatic nitrogens is 1. The lowest BCUT2D eigenvalue weighted by Gasteiger charge is -2.43. The zero-order chi connectivity index (χ0) is 24.4. The Morgan fingerprint density at radius 3 is 2.65 bits per heavy atom. The van der Waals surface area contributed by atoms with Crippen LogP contribution in [0.25, 0.3) is 10.9 Å². The van der Waals surface area contributed by atoms with Gasteiger partial charge in [0.15, 0.2) is 0 Å². The Morgan fingerprint density at radius 1 is 1.24 bits per heavy atom. The summed E-state index contributed by atoms with van der Waals surface area (Å²) in [5.41, 5.74) is 3.17. The van der Waals surface area contributed by atoms with Gasteiger partial charge in [0, 0.05) is 52.8 Å². The number of carbonyl (C=O) groups excluding carboxylic acids is 1. The third-order valence-electron chi connectivity index (χ3n) is 6.77. The summed E-state index contributed by atoms with van der Waals surface area (Å²) >= 11 is 12.3. The molecule has 3 atom stereocenters. The molecule has 4 rings (SSSR count). The van der Waals surface area contributed by atoms with Gasteiger partial charge in [-0.3, -0.25) is 9.69 Å². The van der Waals surface area contributed by atoms with Crippen molar-refractivity contribution in [3.05, 3.63) is 63.8 Å². The van der Waals surface area contributed by atoms with Crippen LogP contribution >= 0.6 is 23.2 Å². The molecule has 182 valence electrons. The van der Waals surface area contributed by atoms with Crippen molar-refractivity contribution >= 4 is 40.0 Å². The highest BCUT2D eigenvalue weighted by molar-refractivity contribution is 6.34. The van der Waals surface area contributed by atoms with Crippen LogP contribution in [-0.4, -0.2) is 65.2 Å². The number of rotatable bonds is 8. The maximum Gasteiger partial charge on any atom is 0.229 e. The van der Waals surface area contributed by atoms with Crippen molar-refractivity contribution in [1.82, 2.24) is 14.8 Å². The highest BCUT2D eigenvalue weighted by atomic mass is 35.5. The number of benzene rings is 2. The van der Waals surface area contributed by atoms with Gasteiger partial charge >= 0.3 is 0 Å². The van der Waals surface area contributed by atoms with Gasteiger partial charge in [0.2, 0.25) is 5.91 Å². The Hall–Kier alpha value is -2.25. The molecular weight excluding hydrogens is 473 g/mol. The number of aromatic amines is 1. The molecule has 1 aromatic heterocycles. The number of likely N-dealkylation sites (tertiary alicyclic amines) is 1. The number of methoxy groups -OCH3 is 1. The zero-order valence-electron chi connectivity index (χ0n) is 19.7. The molecule has 1 aliphatic rings. The zero-order valence-corrected chi connectivity index (χ0v) is 21.2. The molecule has 1 fully saturated rings. The predicted molar refractivity (Wildman–Crippen MR) is 137 cm³/mol. The summed E-state index contributed by atoms with van der Waals surface area (Å²) in [5.74, 6) is 0.319. The van der Waals surface area contributed by atoms with Gasteiger partial charge in [0.25, 0.3) is 0 Å². The number of hydrogen-bond acceptors (Lipinski definition) is 4. The van der Waals surface area contributed by atoms with Gasteiger partial charge in [-0.2, -0.15) is 0 Å². The van der Waals surface area contributed by atoms with Gasteiger partial charge in [-0.25, -0.2) is 0 Å². The maximum atomic E-state index is 13.4. The van der Waals surface area contributed by atoms with Gasteiger partial charge in [-0.05, 0) is 74.3 Å². The first-order valence-corrected chi connectivity index (χ1v) is 12.3. The molecule has 1 unspecified atom stereocenters. The van der Waals surface area contributed by atoms with E-state index in [1.807, 2.05) is 48.5 Å². The fraction of sp³-hybridized carbons (Fsp3) is 0.423. The number of aliphatic hydroxyl groups excluding tert-OH is 1. The van der Waals surface area contributed by atoms with Gasteiger partial charge in [-0.1, -0.05) is 23.2 Å². The van der Waals surface area contributed by atoms with E-state index in [9.17, 15) is 9.90 Å². The number of hydrogen-bond donors (Lipinski definition) is 2. The van der Waals surface area contributed by atoms with E-state index in [0.29, 0.717) is 29.7 Å². The molecule has 8 heteroatoms.